The molecule has 0 saturated carbocycles. The van der Waals surface area contributed by atoms with Gasteiger partial charge in [0, 0.05) is 30.8 Å². The van der Waals surface area contributed by atoms with E-state index < -0.39 is 4.92 Å². The second-order valence-electron chi connectivity index (χ2n) is 5.51. The zero-order chi connectivity index (χ0) is 17.4. The first-order valence-electron chi connectivity index (χ1n) is 7.54. The van der Waals surface area contributed by atoms with Crippen molar-refractivity contribution in [2.45, 2.75) is 27.2 Å². The van der Waals surface area contributed by atoms with E-state index in [-0.39, 0.29) is 42.0 Å². The van der Waals surface area contributed by atoms with Crippen molar-refractivity contribution >= 4 is 17.6 Å². The molecule has 0 aromatic heterocycles. The number of carbonyl (C=O) groups excluding carboxylic acids is 2. The van der Waals surface area contributed by atoms with Crippen molar-refractivity contribution in [2.75, 3.05) is 19.7 Å². The Hall–Kier alpha value is -2.44. The molecule has 0 aliphatic rings. The van der Waals surface area contributed by atoms with E-state index in [1.54, 1.807) is 6.92 Å². The minimum atomic E-state index is -0.540. The third kappa shape index (κ3) is 6.06. The Morgan fingerprint density at radius 1 is 1.35 bits per heavy atom. The quantitative estimate of drug-likeness (QED) is 0.417. The lowest BCUT2D eigenvalue weighted by molar-refractivity contribution is -0.384. The van der Waals surface area contributed by atoms with Gasteiger partial charge >= 0.3 is 5.97 Å². The van der Waals surface area contributed by atoms with Gasteiger partial charge in [0.1, 0.15) is 0 Å². The van der Waals surface area contributed by atoms with Crippen molar-refractivity contribution in [1.29, 1.82) is 0 Å². The maximum Gasteiger partial charge on any atom is 0.307 e. The average Bonchev–Trinajstić information content (AvgIpc) is 2.50. The zero-order valence-electron chi connectivity index (χ0n) is 13.7. The lowest BCUT2D eigenvalue weighted by atomic mass is 10.1. The van der Waals surface area contributed by atoms with Crippen LogP contribution in [0.3, 0.4) is 0 Å². The SMILES string of the molecule is CCOC(=O)CCN(CC(C)C)C(=O)c1cccc([N+](=O)[O-])c1. The molecule has 1 amide bonds. The summed E-state index contributed by atoms with van der Waals surface area (Å²) in [6, 6.07) is 5.60. The molecule has 0 fully saturated rings. The van der Waals surface area contributed by atoms with E-state index in [4.69, 9.17) is 4.74 Å². The number of rotatable bonds is 8. The predicted molar refractivity (Wildman–Crippen MR) is 85.1 cm³/mol. The lowest BCUT2D eigenvalue weighted by Gasteiger charge is -2.24. The highest BCUT2D eigenvalue weighted by Crippen LogP contribution is 2.16. The molecule has 1 aromatic rings. The highest BCUT2D eigenvalue weighted by atomic mass is 16.6. The molecule has 1 rings (SSSR count). The molecule has 23 heavy (non-hydrogen) atoms. The maximum atomic E-state index is 12.6. The van der Waals surface area contributed by atoms with Gasteiger partial charge in [0.05, 0.1) is 18.0 Å². The Morgan fingerprint density at radius 3 is 2.61 bits per heavy atom. The number of benzene rings is 1. The van der Waals surface area contributed by atoms with Gasteiger partial charge in [-0.1, -0.05) is 19.9 Å². The van der Waals surface area contributed by atoms with Gasteiger partial charge in [-0.05, 0) is 18.9 Å². The molecule has 0 unspecified atom stereocenters. The molecular formula is C16H22N2O5. The summed E-state index contributed by atoms with van der Waals surface area (Å²) in [5.41, 5.74) is 0.106. The van der Waals surface area contributed by atoms with E-state index in [1.807, 2.05) is 13.8 Å². The summed E-state index contributed by atoms with van der Waals surface area (Å²) in [6.45, 7) is 6.61. The van der Waals surface area contributed by atoms with E-state index in [1.165, 1.54) is 29.2 Å². The number of nitro groups is 1. The highest BCUT2D eigenvalue weighted by Gasteiger charge is 2.20. The van der Waals surface area contributed by atoms with E-state index in [9.17, 15) is 19.7 Å². The minimum absolute atomic E-state index is 0.0984. The first kappa shape index (κ1) is 18.6. The van der Waals surface area contributed by atoms with Crippen LogP contribution < -0.4 is 0 Å². The summed E-state index contributed by atoms with van der Waals surface area (Å²) >= 11 is 0. The number of nitrogens with zero attached hydrogens (tertiary/aromatic N) is 2. The molecule has 1 aromatic carbocycles. The van der Waals surface area contributed by atoms with Crippen molar-refractivity contribution in [1.82, 2.24) is 4.90 Å². The van der Waals surface area contributed by atoms with Gasteiger partial charge in [-0.3, -0.25) is 19.7 Å². The van der Waals surface area contributed by atoms with Gasteiger partial charge < -0.3 is 9.64 Å². The Kier molecular flexibility index (Phi) is 7.18. The Labute approximate surface area is 135 Å². The van der Waals surface area contributed by atoms with Crippen LogP contribution in [0.4, 0.5) is 5.69 Å². The van der Waals surface area contributed by atoms with Crippen LogP contribution in [0.1, 0.15) is 37.6 Å². The van der Waals surface area contributed by atoms with Crippen molar-refractivity contribution in [3.05, 3.63) is 39.9 Å². The molecule has 0 spiro atoms. The van der Waals surface area contributed by atoms with Crippen molar-refractivity contribution in [3.8, 4) is 0 Å². The van der Waals surface area contributed by atoms with Crippen molar-refractivity contribution in [2.24, 2.45) is 5.92 Å². The predicted octanol–water partition coefficient (Wildman–Crippen LogP) is 2.65. The van der Waals surface area contributed by atoms with Gasteiger partial charge in [-0.15, -0.1) is 0 Å². The van der Waals surface area contributed by atoms with Gasteiger partial charge in [0.25, 0.3) is 11.6 Å². The number of ether oxygens (including phenoxy) is 1. The van der Waals surface area contributed by atoms with Crippen LogP contribution in [-0.4, -0.2) is 41.4 Å². The summed E-state index contributed by atoms with van der Waals surface area (Å²) in [7, 11) is 0. The third-order valence-corrected chi connectivity index (χ3v) is 3.07. The third-order valence-electron chi connectivity index (χ3n) is 3.07. The van der Waals surface area contributed by atoms with Crippen LogP contribution in [0.2, 0.25) is 0 Å². The molecule has 0 bridgehead atoms. The monoisotopic (exact) mass is 322 g/mol. The molecule has 0 atom stereocenters. The van der Waals surface area contributed by atoms with E-state index in [0.717, 1.165) is 0 Å². The van der Waals surface area contributed by atoms with Gasteiger partial charge in [0.15, 0.2) is 0 Å². The van der Waals surface area contributed by atoms with E-state index in [2.05, 4.69) is 0 Å². The zero-order valence-corrected chi connectivity index (χ0v) is 13.7. The molecule has 0 N–H and O–H groups in total. The summed E-state index contributed by atoms with van der Waals surface area (Å²) < 4.78 is 4.87. The van der Waals surface area contributed by atoms with Crippen LogP contribution in [0.15, 0.2) is 24.3 Å². The number of hydrogen-bond donors (Lipinski definition) is 0. The van der Waals surface area contributed by atoms with E-state index >= 15 is 0 Å². The molecule has 0 radical (unpaired) electrons. The number of esters is 1. The smallest absolute Gasteiger partial charge is 0.307 e. The molecule has 0 aliphatic heterocycles. The molecule has 7 heteroatoms. The summed E-state index contributed by atoms with van der Waals surface area (Å²) in [5.74, 6) is -0.486. The summed E-state index contributed by atoms with van der Waals surface area (Å²) in [6.07, 6.45) is 0.0984. The second-order valence-corrected chi connectivity index (χ2v) is 5.51. The summed E-state index contributed by atoms with van der Waals surface area (Å²) in [5, 5.41) is 10.8. The molecular weight excluding hydrogens is 300 g/mol. The fourth-order valence-electron chi connectivity index (χ4n) is 2.11. The van der Waals surface area contributed by atoms with Crippen LogP contribution in [0, 0.1) is 16.0 Å². The first-order chi connectivity index (χ1) is 10.8. The number of nitro benzene ring substituents is 1. The van der Waals surface area contributed by atoms with E-state index in [0.29, 0.717) is 13.2 Å². The van der Waals surface area contributed by atoms with Crippen molar-refractivity contribution in [3.63, 3.8) is 0 Å². The van der Waals surface area contributed by atoms with Crippen LogP contribution in [0.5, 0.6) is 0 Å². The molecule has 0 saturated heterocycles. The fourth-order valence-corrected chi connectivity index (χ4v) is 2.11. The average molecular weight is 322 g/mol. The maximum absolute atomic E-state index is 12.6. The number of amides is 1. The first-order valence-corrected chi connectivity index (χ1v) is 7.54. The van der Waals surface area contributed by atoms with Crippen LogP contribution in [0.25, 0.3) is 0 Å². The Balaban J connectivity index is 2.88. The van der Waals surface area contributed by atoms with Crippen LogP contribution in [-0.2, 0) is 9.53 Å². The largest absolute Gasteiger partial charge is 0.466 e. The second kappa shape index (κ2) is 8.87. The minimum Gasteiger partial charge on any atom is -0.466 e. The molecule has 7 nitrogen and oxygen atoms in total. The number of carbonyl (C=O) groups is 2. The molecule has 0 aliphatic carbocycles. The van der Waals surface area contributed by atoms with Gasteiger partial charge in [0.2, 0.25) is 0 Å². The topological polar surface area (TPSA) is 89.8 Å². The Bertz CT molecular complexity index is 571. The van der Waals surface area contributed by atoms with Crippen LogP contribution >= 0.6 is 0 Å². The Morgan fingerprint density at radius 2 is 2.04 bits per heavy atom. The molecule has 0 heterocycles. The van der Waals surface area contributed by atoms with Crippen molar-refractivity contribution < 1.29 is 19.2 Å². The number of non-ortho nitro benzene ring substituents is 1. The highest BCUT2D eigenvalue weighted by molar-refractivity contribution is 5.95. The molecule has 126 valence electrons. The summed E-state index contributed by atoms with van der Waals surface area (Å²) in [4.78, 5) is 35.9. The van der Waals surface area contributed by atoms with Gasteiger partial charge in [-0.25, -0.2) is 0 Å². The fraction of sp³-hybridized carbons (Fsp3) is 0.500. The lowest BCUT2D eigenvalue weighted by Crippen LogP contribution is -2.36. The number of hydrogen-bond acceptors (Lipinski definition) is 5. The standard InChI is InChI=1S/C16H22N2O5/c1-4-23-15(19)8-9-17(11-12(2)3)16(20)13-6-5-7-14(10-13)18(21)22/h5-7,10,12H,4,8-9,11H2,1-3H3. The van der Waals surface area contributed by atoms with Gasteiger partial charge in [-0.2, -0.15) is 0 Å². The normalized spacial score (nSPS) is 10.4.